The van der Waals surface area contributed by atoms with Gasteiger partial charge in [-0.3, -0.25) is 4.79 Å². The van der Waals surface area contributed by atoms with E-state index in [9.17, 15) is 23.2 Å². The Morgan fingerprint density at radius 1 is 1.05 bits per heavy atom. The van der Waals surface area contributed by atoms with Crippen molar-refractivity contribution in [1.82, 2.24) is 0 Å². The molecule has 0 amide bonds. The highest BCUT2D eigenvalue weighted by atomic mass is 19.4. The first-order valence-corrected chi connectivity index (χ1v) is 6.47. The van der Waals surface area contributed by atoms with E-state index in [1.165, 1.54) is 0 Å². The summed E-state index contributed by atoms with van der Waals surface area (Å²) in [5.41, 5.74) is -0.250. The molecule has 0 aromatic heterocycles. The minimum Gasteiger partial charge on any atom is -0.618 e. The molecule has 112 valence electrons. The van der Waals surface area contributed by atoms with E-state index in [4.69, 9.17) is 0 Å². The van der Waals surface area contributed by atoms with E-state index in [0.29, 0.717) is 17.2 Å². The Morgan fingerprint density at radius 2 is 1.73 bits per heavy atom. The SMILES string of the molecule is Cc1ccccc1C1=[N+]([O-])c2cc(C(F)(F)F)ccc2C1=O. The van der Waals surface area contributed by atoms with Crippen molar-refractivity contribution in [2.45, 2.75) is 13.1 Å². The number of halogens is 3. The first kappa shape index (κ1) is 14.3. The van der Waals surface area contributed by atoms with Crippen LogP contribution in [0.1, 0.15) is 27.0 Å². The van der Waals surface area contributed by atoms with Crippen LogP contribution in [0.3, 0.4) is 0 Å². The number of hydrogen-bond donors (Lipinski definition) is 0. The molecule has 2 aromatic rings. The molecule has 0 spiro atoms. The summed E-state index contributed by atoms with van der Waals surface area (Å²) < 4.78 is 38.5. The van der Waals surface area contributed by atoms with E-state index >= 15 is 0 Å². The Labute approximate surface area is 123 Å². The van der Waals surface area contributed by atoms with Crippen LogP contribution in [0.5, 0.6) is 0 Å². The number of benzene rings is 2. The van der Waals surface area contributed by atoms with E-state index in [0.717, 1.165) is 12.1 Å². The summed E-state index contributed by atoms with van der Waals surface area (Å²) in [7, 11) is 0. The maximum absolute atomic E-state index is 12.8. The van der Waals surface area contributed by atoms with E-state index < -0.39 is 17.5 Å². The van der Waals surface area contributed by atoms with Gasteiger partial charge in [-0.05, 0) is 30.7 Å². The number of nitrogens with zero attached hydrogens (tertiary/aromatic N) is 1. The van der Waals surface area contributed by atoms with Gasteiger partial charge in [0.05, 0.1) is 11.1 Å². The molecule has 0 saturated carbocycles. The average Bonchev–Trinajstić information content (AvgIpc) is 2.71. The summed E-state index contributed by atoms with van der Waals surface area (Å²) in [6, 6.07) is 9.33. The Balaban J connectivity index is 2.20. The van der Waals surface area contributed by atoms with Crippen molar-refractivity contribution in [3.63, 3.8) is 0 Å². The number of Topliss-reactive ketones (excluding diaryl/α,β-unsaturated/α-hetero) is 1. The molecule has 1 aliphatic heterocycles. The van der Waals surface area contributed by atoms with Gasteiger partial charge in [0.15, 0.2) is 0 Å². The predicted molar refractivity (Wildman–Crippen MR) is 74.3 cm³/mol. The van der Waals surface area contributed by atoms with E-state index in [2.05, 4.69) is 0 Å². The third kappa shape index (κ3) is 2.07. The molecule has 0 fully saturated rings. The highest BCUT2D eigenvalue weighted by Crippen LogP contribution is 2.36. The van der Waals surface area contributed by atoms with Gasteiger partial charge in [-0.2, -0.15) is 17.9 Å². The largest absolute Gasteiger partial charge is 0.618 e. The van der Waals surface area contributed by atoms with Crippen molar-refractivity contribution in [3.8, 4) is 0 Å². The van der Waals surface area contributed by atoms with Crippen LogP contribution in [0, 0.1) is 12.1 Å². The van der Waals surface area contributed by atoms with Crippen LogP contribution in [0.2, 0.25) is 0 Å². The minimum absolute atomic E-state index is 0.0127. The zero-order chi connectivity index (χ0) is 16.1. The molecule has 3 rings (SSSR count). The van der Waals surface area contributed by atoms with Crippen LogP contribution in [0.25, 0.3) is 0 Å². The van der Waals surface area contributed by atoms with Gasteiger partial charge in [-0.15, -0.1) is 0 Å². The van der Waals surface area contributed by atoms with Gasteiger partial charge >= 0.3 is 6.18 Å². The van der Waals surface area contributed by atoms with Crippen LogP contribution in [-0.2, 0) is 6.18 Å². The van der Waals surface area contributed by atoms with E-state index in [1.54, 1.807) is 31.2 Å². The number of carbonyl (C=O) groups excluding carboxylic acids is 1. The topological polar surface area (TPSA) is 43.1 Å². The predicted octanol–water partition coefficient (Wildman–Crippen LogP) is 3.84. The summed E-state index contributed by atoms with van der Waals surface area (Å²) in [6.07, 6.45) is -4.57. The number of alkyl halides is 3. The number of aryl methyl sites for hydroxylation is 1. The van der Waals surface area contributed by atoms with E-state index in [-0.39, 0.29) is 21.7 Å². The van der Waals surface area contributed by atoms with Crippen molar-refractivity contribution in [2.75, 3.05) is 0 Å². The van der Waals surface area contributed by atoms with Gasteiger partial charge in [0.25, 0.3) is 11.5 Å². The van der Waals surface area contributed by atoms with Crippen LogP contribution in [-0.4, -0.2) is 16.2 Å². The molecular formula is C16H10F3NO2. The number of fused-ring (bicyclic) bond motifs is 1. The molecular weight excluding hydrogens is 295 g/mol. The van der Waals surface area contributed by atoms with Crippen molar-refractivity contribution in [1.29, 1.82) is 0 Å². The molecule has 0 unspecified atom stereocenters. The van der Waals surface area contributed by atoms with Crippen molar-refractivity contribution in [3.05, 3.63) is 69.9 Å². The quantitative estimate of drug-likeness (QED) is 0.593. The van der Waals surface area contributed by atoms with Crippen molar-refractivity contribution >= 4 is 17.2 Å². The van der Waals surface area contributed by atoms with E-state index in [1.807, 2.05) is 0 Å². The lowest BCUT2D eigenvalue weighted by atomic mass is 9.98. The average molecular weight is 305 g/mol. The molecule has 2 aromatic carbocycles. The Kier molecular flexibility index (Phi) is 3.05. The summed E-state index contributed by atoms with van der Waals surface area (Å²) >= 11 is 0. The smallest absolute Gasteiger partial charge is 0.416 e. The molecule has 0 bridgehead atoms. The van der Waals surface area contributed by atoms with Crippen LogP contribution in [0.4, 0.5) is 18.9 Å². The second-order valence-corrected chi connectivity index (χ2v) is 5.02. The molecule has 3 nitrogen and oxygen atoms in total. The molecule has 0 N–H and O–H groups in total. The van der Waals surface area contributed by atoms with Gasteiger partial charge in [-0.25, -0.2) is 0 Å². The Hall–Kier alpha value is -2.63. The van der Waals surface area contributed by atoms with Crippen LogP contribution >= 0.6 is 0 Å². The van der Waals surface area contributed by atoms with Crippen molar-refractivity contribution < 1.29 is 22.7 Å². The molecule has 0 atom stereocenters. The van der Waals surface area contributed by atoms with Gasteiger partial charge in [-0.1, -0.05) is 18.2 Å². The second-order valence-electron chi connectivity index (χ2n) is 5.02. The molecule has 0 saturated heterocycles. The van der Waals surface area contributed by atoms with Gasteiger partial charge in [0.1, 0.15) is 5.56 Å². The third-order valence-electron chi connectivity index (χ3n) is 3.61. The van der Waals surface area contributed by atoms with Gasteiger partial charge < -0.3 is 5.21 Å². The Bertz CT molecular complexity index is 822. The fourth-order valence-corrected chi connectivity index (χ4v) is 2.48. The monoisotopic (exact) mass is 305 g/mol. The summed E-state index contributed by atoms with van der Waals surface area (Å²) in [6.45, 7) is 1.73. The van der Waals surface area contributed by atoms with Crippen molar-refractivity contribution in [2.24, 2.45) is 0 Å². The summed E-state index contributed by atoms with van der Waals surface area (Å²) in [5, 5.41) is 12.3. The normalized spacial score (nSPS) is 14.5. The Morgan fingerprint density at radius 3 is 2.36 bits per heavy atom. The number of hydrogen-bond acceptors (Lipinski definition) is 2. The highest BCUT2D eigenvalue weighted by Gasteiger charge is 2.40. The fraction of sp³-hybridized carbons (Fsp3) is 0.125. The zero-order valence-electron chi connectivity index (χ0n) is 11.4. The number of carbonyl (C=O) groups is 1. The first-order valence-electron chi connectivity index (χ1n) is 6.47. The highest BCUT2D eigenvalue weighted by molar-refractivity contribution is 6.52. The lowest BCUT2D eigenvalue weighted by molar-refractivity contribution is -0.355. The molecule has 0 aliphatic carbocycles. The van der Waals surface area contributed by atoms with Gasteiger partial charge in [0.2, 0.25) is 5.69 Å². The number of rotatable bonds is 1. The lowest BCUT2D eigenvalue weighted by Gasteiger charge is -2.07. The maximum atomic E-state index is 12.8. The molecule has 22 heavy (non-hydrogen) atoms. The number of ketones is 1. The fourth-order valence-electron chi connectivity index (χ4n) is 2.48. The minimum atomic E-state index is -4.57. The standard InChI is InChI=1S/C16H10F3NO2/c1-9-4-2-3-5-11(9)14-15(21)12-7-6-10(16(17,18)19)8-13(12)20(14)22/h2-8H,1H3. The zero-order valence-corrected chi connectivity index (χ0v) is 11.4. The lowest BCUT2D eigenvalue weighted by Crippen LogP contribution is -2.17. The molecule has 1 heterocycles. The first-order chi connectivity index (χ1) is 10.3. The maximum Gasteiger partial charge on any atom is 0.416 e. The molecule has 0 radical (unpaired) electrons. The van der Waals surface area contributed by atoms with Crippen LogP contribution in [0.15, 0.2) is 42.5 Å². The third-order valence-corrected chi connectivity index (χ3v) is 3.61. The molecule has 6 heteroatoms. The second kappa shape index (κ2) is 4.69. The summed E-state index contributed by atoms with van der Waals surface area (Å²) in [4.78, 5) is 12.4. The van der Waals surface area contributed by atoms with Crippen LogP contribution < -0.4 is 0 Å². The van der Waals surface area contributed by atoms with Gasteiger partial charge in [0, 0.05) is 6.07 Å². The molecule has 1 aliphatic rings. The summed E-state index contributed by atoms with van der Waals surface area (Å²) in [5.74, 6) is -0.562.